The molecule has 0 amide bonds. The van der Waals surface area contributed by atoms with Gasteiger partial charge in [0.25, 0.3) is 0 Å². The second kappa shape index (κ2) is 8.99. The van der Waals surface area contributed by atoms with Crippen LogP contribution >= 0.6 is 0 Å². The minimum absolute atomic E-state index is 1.02. The molecule has 4 heteroatoms. The van der Waals surface area contributed by atoms with Crippen molar-refractivity contribution in [2.45, 2.75) is 13.3 Å². The van der Waals surface area contributed by atoms with Gasteiger partial charge in [-0.15, -0.1) is 0 Å². The second-order valence-electron chi connectivity index (χ2n) is 3.39. The Morgan fingerprint density at radius 1 is 1.36 bits per heavy atom. The molecule has 0 aliphatic rings. The molecule has 4 nitrogen and oxygen atoms in total. The first-order chi connectivity index (χ1) is 6.74. The molecular weight excluding hydrogens is 176 g/mol. The average Bonchev–Trinajstić information content (AvgIpc) is 2.21. The summed E-state index contributed by atoms with van der Waals surface area (Å²) in [5, 5.41) is 3.14. The third kappa shape index (κ3) is 6.88. The van der Waals surface area contributed by atoms with E-state index in [-0.39, 0.29) is 0 Å². The average molecular weight is 200 g/mol. The topological polar surface area (TPSA) is 39.3 Å². The maximum atomic E-state index is 3.14. The molecule has 0 aromatic carbocycles. The van der Waals surface area contributed by atoms with Crippen molar-refractivity contribution in [1.82, 2.24) is 21.1 Å². The van der Waals surface area contributed by atoms with Crippen LogP contribution in [0.3, 0.4) is 0 Å². The van der Waals surface area contributed by atoms with Crippen LogP contribution in [-0.4, -0.2) is 45.7 Å². The van der Waals surface area contributed by atoms with Crippen molar-refractivity contribution >= 4 is 0 Å². The van der Waals surface area contributed by atoms with E-state index in [4.69, 9.17) is 0 Å². The summed E-state index contributed by atoms with van der Waals surface area (Å²) in [6, 6.07) is 0. The van der Waals surface area contributed by atoms with Crippen LogP contribution in [0.2, 0.25) is 0 Å². The highest BCUT2D eigenvalue weighted by Gasteiger charge is 2.00. The van der Waals surface area contributed by atoms with Gasteiger partial charge in [0.05, 0.1) is 0 Å². The molecule has 0 spiro atoms. The lowest BCUT2D eigenvalue weighted by Crippen LogP contribution is -2.30. The van der Waals surface area contributed by atoms with E-state index in [1.807, 2.05) is 20.3 Å². The zero-order chi connectivity index (χ0) is 10.8. The summed E-state index contributed by atoms with van der Waals surface area (Å²) in [6.07, 6.45) is 3.12. The molecule has 0 atom stereocenters. The highest BCUT2D eigenvalue weighted by molar-refractivity contribution is 5.01. The van der Waals surface area contributed by atoms with E-state index in [0.717, 1.165) is 26.1 Å². The smallest absolute Gasteiger partial charge is 0.0208 e. The van der Waals surface area contributed by atoms with Crippen LogP contribution in [0.4, 0.5) is 0 Å². The van der Waals surface area contributed by atoms with Crippen molar-refractivity contribution < 1.29 is 0 Å². The molecular formula is C10H24N4. The maximum Gasteiger partial charge on any atom is 0.0208 e. The molecule has 0 aromatic heterocycles. The highest BCUT2D eigenvalue weighted by Crippen LogP contribution is 2.00. The summed E-state index contributed by atoms with van der Waals surface area (Å²) in [7, 11) is 5.99. The number of rotatable bonds is 8. The van der Waals surface area contributed by atoms with Gasteiger partial charge in [-0.2, -0.15) is 0 Å². The van der Waals surface area contributed by atoms with Crippen molar-refractivity contribution in [3.05, 3.63) is 11.8 Å². The summed E-state index contributed by atoms with van der Waals surface area (Å²) in [5.41, 5.74) is 7.30. The van der Waals surface area contributed by atoms with Gasteiger partial charge in [-0.1, -0.05) is 6.92 Å². The van der Waals surface area contributed by atoms with E-state index in [1.165, 1.54) is 5.57 Å². The number of hydrogen-bond donors (Lipinski definition) is 3. The zero-order valence-corrected chi connectivity index (χ0v) is 9.85. The summed E-state index contributed by atoms with van der Waals surface area (Å²) in [5.74, 6) is 0. The summed E-state index contributed by atoms with van der Waals surface area (Å²) >= 11 is 0. The largest absolute Gasteiger partial charge is 0.329 e. The van der Waals surface area contributed by atoms with Gasteiger partial charge < -0.3 is 15.6 Å². The van der Waals surface area contributed by atoms with E-state index in [1.54, 1.807) is 0 Å². The Morgan fingerprint density at radius 2 is 2.07 bits per heavy atom. The number of hydrazine groups is 1. The first-order valence-electron chi connectivity index (χ1n) is 5.17. The fraction of sp³-hybridized carbons (Fsp3) is 0.800. The van der Waals surface area contributed by atoms with Crippen molar-refractivity contribution in [2.24, 2.45) is 0 Å². The normalized spacial score (nSPS) is 12.2. The fourth-order valence-corrected chi connectivity index (χ4v) is 1.16. The molecule has 0 saturated heterocycles. The van der Waals surface area contributed by atoms with Crippen molar-refractivity contribution in [1.29, 1.82) is 0 Å². The van der Waals surface area contributed by atoms with E-state index < -0.39 is 0 Å². The third-order valence-corrected chi connectivity index (χ3v) is 2.09. The Labute approximate surface area is 87.7 Å². The van der Waals surface area contributed by atoms with Gasteiger partial charge in [-0.05, 0) is 26.1 Å². The van der Waals surface area contributed by atoms with Crippen molar-refractivity contribution in [3.8, 4) is 0 Å². The molecule has 0 bridgehead atoms. The molecule has 0 unspecified atom stereocenters. The number of nitrogens with one attached hydrogen (secondary N) is 3. The van der Waals surface area contributed by atoms with Gasteiger partial charge in [0.1, 0.15) is 0 Å². The lowest BCUT2D eigenvalue weighted by molar-refractivity contribution is 0.359. The lowest BCUT2D eigenvalue weighted by Gasteiger charge is -2.17. The Kier molecular flexibility index (Phi) is 8.62. The molecule has 0 fully saturated rings. The highest BCUT2D eigenvalue weighted by atomic mass is 15.3. The summed E-state index contributed by atoms with van der Waals surface area (Å²) in [6.45, 7) is 5.31. The third-order valence-electron chi connectivity index (χ3n) is 2.09. The first kappa shape index (κ1) is 13.4. The molecule has 0 aliphatic heterocycles. The van der Waals surface area contributed by atoms with E-state index in [0.29, 0.717) is 0 Å². The minimum Gasteiger partial charge on any atom is -0.329 e. The Balaban J connectivity index is 3.79. The molecule has 0 aromatic rings. The van der Waals surface area contributed by atoms with Gasteiger partial charge in [0.2, 0.25) is 0 Å². The SMILES string of the molecule is CC/C(=C\NNC)CN(C)CCNC. The summed E-state index contributed by atoms with van der Waals surface area (Å²) in [4.78, 5) is 2.31. The predicted molar refractivity (Wildman–Crippen MR) is 62.0 cm³/mol. The Morgan fingerprint density at radius 3 is 2.57 bits per heavy atom. The van der Waals surface area contributed by atoms with Gasteiger partial charge in [-0.25, -0.2) is 5.43 Å². The molecule has 0 saturated carbocycles. The van der Waals surface area contributed by atoms with Crippen LogP contribution in [0.15, 0.2) is 11.8 Å². The molecule has 14 heavy (non-hydrogen) atoms. The maximum absolute atomic E-state index is 3.14. The molecule has 0 radical (unpaired) electrons. The lowest BCUT2D eigenvalue weighted by atomic mass is 10.2. The first-order valence-corrected chi connectivity index (χ1v) is 5.17. The Hall–Kier alpha value is -0.580. The van der Waals surface area contributed by atoms with Crippen molar-refractivity contribution in [2.75, 3.05) is 40.8 Å². The van der Waals surface area contributed by atoms with E-state index in [2.05, 4.69) is 35.0 Å². The number of hydrogen-bond acceptors (Lipinski definition) is 4. The molecule has 0 aliphatic carbocycles. The van der Waals surface area contributed by atoms with Gasteiger partial charge >= 0.3 is 0 Å². The molecule has 0 heterocycles. The Bertz CT molecular complexity index is 156. The van der Waals surface area contributed by atoms with Crippen LogP contribution < -0.4 is 16.2 Å². The van der Waals surface area contributed by atoms with Crippen LogP contribution in [0, 0.1) is 0 Å². The van der Waals surface area contributed by atoms with Gasteiger partial charge in [-0.3, -0.25) is 0 Å². The number of nitrogens with zero attached hydrogens (tertiary/aromatic N) is 1. The summed E-state index contributed by atoms with van der Waals surface area (Å²) < 4.78 is 0. The van der Waals surface area contributed by atoms with Crippen LogP contribution in [-0.2, 0) is 0 Å². The van der Waals surface area contributed by atoms with Crippen LogP contribution in [0.25, 0.3) is 0 Å². The van der Waals surface area contributed by atoms with Crippen LogP contribution in [0.1, 0.15) is 13.3 Å². The van der Waals surface area contributed by atoms with Gasteiger partial charge in [0, 0.05) is 32.9 Å². The van der Waals surface area contributed by atoms with Crippen LogP contribution in [0.5, 0.6) is 0 Å². The molecule has 84 valence electrons. The van der Waals surface area contributed by atoms with E-state index in [9.17, 15) is 0 Å². The van der Waals surface area contributed by atoms with Crippen molar-refractivity contribution in [3.63, 3.8) is 0 Å². The molecule has 3 N–H and O–H groups in total. The van der Waals surface area contributed by atoms with Gasteiger partial charge in [0.15, 0.2) is 0 Å². The minimum atomic E-state index is 1.02. The zero-order valence-electron chi connectivity index (χ0n) is 9.85. The quantitative estimate of drug-likeness (QED) is 0.488. The molecule has 0 rings (SSSR count). The van der Waals surface area contributed by atoms with E-state index >= 15 is 0 Å². The second-order valence-corrected chi connectivity index (χ2v) is 3.39. The number of likely N-dealkylation sites (N-methyl/N-ethyl adjacent to an activating group) is 2. The standard InChI is InChI=1S/C10H24N4/c1-5-10(8-13-12-3)9-14(4)7-6-11-2/h8,11-13H,5-7,9H2,1-4H3/b10-8+. The predicted octanol–water partition coefficient (Wildman–Crippen LogP) is 0.156. The monoisotopic (exact) mass is 200 g/mol. The fourth-order valence-electron chi connectivity index (χ4n) is 1.16.